The van der Waals surface area contributed by atoms with Crippen LogP contribution in [0.15, 0.2) is 0 Å². The summed E-state index contributed by atoms with van der Waals surface area (Å²) in [5, 5.41) is 8.37. The van der Waals surface area contributed by atoms with Gasteiger partial charge in [0.2, 0.25) is 0 Å². The molecule has 0 aromatic rings. The first-order valence-electron chi connectivity index (χ1n) is 3.69. The van der Waals surface area contributed by atoms with Crippen LogP contribution >= 0.6 is 0 Å². The number of carbonyl (C=O) groups is 1. The van der Waals surface area contributed by atoms with E-state index in [1.165, 1.54) is 0 Å². The fraction of sp³-hybridized carbons (Fsp3) is 0.714. The second-order valence-corrected chi connectivity index (χ2v) is 2.30. The second kappa shape index (κ2) is 5.54. The second-order valence-electron chi connectivity index (χ2n) is 2.30. The van der Waals surface area contributed by atoms with Crippen LogP contribution < -0.4 is 5.73 Å². The Bertz CT molecular complexity index is 162. The maximum atomic E-state index is 10.5. The van der Waals surface area contributed by atoms with Crippen LogP contribution in [0.2, 0.25) is 0 Å². The van der Waals surface area contributed by atoms with Crippen molar-refractivity contribution in [3.63, 3.8) is 0 Å². The molecular formula is C7H13N3O. The molecule has 0 saturated carbocycles. The van der Waals surface area contributed by atoms with Crippen LogP contribution in [0.5, 0.6) is 0 Å². The van der Waals surface area contributed by atoms with Crippen LogP contribution in [-0.2, 0) is 0 Å². The number of unbranched alkanes of at least 4 members (excludes halogenated alkanes) is 2. The molecule has 0 aromatic carbocycles. The Kier molecular flexibility index (Phi) is 4.91. The average molecular weight is 155 g/mol. The summed E-state index contributed by atoms with van der Waals surface area (Å²) in [6.07, 6.45) is 4.65. The third-order valence-electron chi connectivity index (χ3n) is 1.37. The number of carbonyl (C=O) groups excluding carboxylic acids is 1. The quantitative estimate of drug-likeness (QED) is 0.374. The summed E-state index contributed by atoms with van der Waals surface area (Å²) in [5.74, 6) is 0. The van der Waals surface area contributed by atoms with Crippen LogP contribution in [0.1, 0.15) is 26.2 Å². The normalized spacial score (nSPS) is 8.73. The van der Waals surface area contributed by atoms with Crippen molar-refractivity contribution in [2.75, 3.05) is 6.54 Å². The number of rotatable bonds is 4. The van der Waals surface area contributed by atoms with E-state index in [1.54, 1.807) is 6.19 Å². The van der Waals surface area contributed by atoms with E-state index in [1.807, 2.05) is 0 Å². The summed E-state index contributed by atoms with van der Waals surface area (Å²) in [7, 11) is 0. The Labute approximate surface area is 66.6 Å². The molecule has 0 fully saturated rings. The van der Waals surface area contributed by atoms with Crippen molar-refractivity contribution in [3.8, 4) is 6.19 Å². The summed E-state index contributed by atoms with van der Waals surface area (Å²) < 4.78 is 0. The van der Waals surface area contributed by atoms with Gasteiger partial charge < -0.3 is 5.73 Å². The minimum atomic E-state index is -0.663. The summed E-state index contributed by atoms with van der Waals surface area (Å²) in [6, 6.07) is -0.663. The number of hydrogen-bond acceptors (Lipinski definition) is 2. The molecule has 0 atom stereocenters. The molecule has 0 unspecified atom stereocenters. The molecule has 0 spiro atoms. The highest BCUT2D eigenvalue weighted by Crippen LogP contribution is 1.96. The number of primary amides is 1. The Morgan fingerprint density at radius 1 is 1.64 bits per heavy atom. The van der Waals surface area contributed by atoms with Gasteiger partial charge >= 0.3 is 6.03 Å². The zero-order valence-corrected chi connectivity index (χ0v) is 6.71. The summed E-state index contributed by atoms with van der Waals surface area (Å²) >= 11 is 0. The van der Waals surface area contributed by atoms with Gasteiger partial charge in [0, 0.05) is 6.54 Å². The molecule has 0 aliphatic heterocycles. The highest BCUT2D eigenvalue weighted by atomic mass is 16.2. The van der Waals surface area contributed by atoms with Gasteiger partial charge in [0.1, 0.15) is 0 Å². The van der Waals surface area contributed by atoms with Crippen molar-refractivity contribution in [2.24, 2.45) is 5.73 Å². The van der Waals surface area contributed by atoms with Crippen molar-refractivity contribution < 1.29 is 4.79 Å². The SMILES string of the molecule is CCCCCN(C#N)C(N)=O. The topological polar surface area (TPSA) is 70.1 Å². The van der Waals surface area contributed by atoms with E-state index in [-0.39, 0.29) is 0 Å². The average Bonchev–Trinajstić information content (AvgIpc) is 1.97. The summed E-state index contributed by atoms with van der Waals surface area (Å²) in [5.41, 5.74) is 4.89. The smallest absolute Gasteiger partial charge is 0.327 e. The van der Waals surface area contributed by atoms with Crippen LogP contribution in [0, 0.1) is 11.5 Å². The monoisotopic (exact) mass is 155 g/mol. The molecule has 0 heterocycles. The van der Waals surface area contributed by atoms with Gasteiger partial charge in [-0.3, -0.25) is 0 Å². The van der Waals surface area contributed by atoms with Crippen molar-refractivity contribution in [2.45, 2.75) is 26.2 Å². The van der Waals surface area contributed by atoms with Crippen molar-refractivity contribution >= 4 is 6.03 Å². The van der Waals surface area contributed by atoms with Gasteiger partial charge in [-0.1, -0.05) is 19.8 Å². The zero-order valence-electron chi connectivity index (χ0n) is 6.71. The van der Waals surface area contributed by atoms with Gasteiger partial charge in [0.05, 0.1) is 0 Å². The molecule has 0 rings (SSSR count). The first kappa shape index (κ1) is 9.76. The van der Waals surface area contributed by atoms with Gasteiger partial charge in [-0.15, -0.1) is 0 Å². The molecule has 0 radical (unpaired) electrons. The van der Waals surface area contributed by atoms with E-state index in [4.69, 9.17) is 11.0 Å². The lowest BCUT2D eigenvalue weighted by Crippen LogP contribution is -2.32. The lowest BCUT2D eigenvalue weighted by Gasteiger charge is -2.08. The van der Waals surface area contributed by atoms with Crippen LogP contribution in [0.25, 0.3) is 0 Å². The molecule has 62 valence electrons. The van der Waals surface area contributed by atoms with E-state index in [2.05, 4.69) is 6.92 Å². The molecule has 0 aliphatic carbocycles. The Hall–Kier alpha value is -1.24. The lowest BCUT2D eigenvalue weighted by molar-refractivity contribution is 0.226. The highest BCUT2D eigenvalue weighted by molar-refractivity contribution is 5.73. The van der Waals surface area contributed by atoms with E-state index < -0.39 is 6.03 Å². The number of nitriles is 1. The molecule has 11 heavy (non-hydrogen) atoms. The van der Waals surface area contributed by atoms with Gasteiger partial charge in [-0.25, -0.2) is 9.69 Å². The minimum Gasteiger partial charge on any atom is -0.351 e. The van der Waals surface area contributed by atoms with Crippen LogP contribution in [0.3, 0.4) is 0 Å². The predicted octanol–water partition coefficient (Wildman–Crippen LogP) is 1.04. The largest absolute Gasteiger partial charge is 0.351 e. The van der Waals surface area contributed by atoms with E-state index in [0.717, 1.165) is 24.2 Å². The van der Waals surface area contributed by atoms with Crippen molar-refractivity contribution in [1.82, 2.24) is 4.90 Å². The number of amides is 2. The molecule has 0 saturated heterocycles. The molecule has 0 aromatic heterocycles. The molecule has 0 aliphatic rings. The number of hydrogen-bond donors (Lipinski definition) is 1. The number of urea groups is 1. The van der Waals surface area contributed by atoms with Gasteiger partial charge in [-0.05, 0) is 6.42 Å². The summed E-state index contributed by atoms with van der Waals surface area (Å²) in [4.78, 5) is 11.4. The van der Waals surface area contributed by atoms with Crippen molar-refractivity contribution in [3.05, 3.63) is 0 Å². The molecule has 4 nitrogen and oxygen atoms in total. The predicted molar refractivity (Wildman–Crippen MR) is 41.4 cm³/mol. The molecule has 2 N–H and O–H groups in total. The highest BCUT2D eigenvalue weighted by Gasteiger charge is 2.05. The fourth-order valence-electron chi connectivity index (χ4n) is 0.729. The number of nitrogens with two attached hydrogens (primary N) is 1. The Morgan fingerprint density at radius 2 is 2.27 bits per heavy atom. The molecular weight excluding hydrogens is 142 g/mol. The lowest BCUT2D eigenvalue weighted by atomic mass is 10.2. The molecule has 4 heteroatoms. The van der Waals surface area contributed by atoms with E-state index in [0.29, 0.717) is 6.54 Å². The van der Waals surface area contributed by atoms with E-state index >= 15 is 0 Å². The zero-order chi connectivity index (χ0) is 8.69. The molecule has 2 amide bonds. The maximum absolute atomic E-state index is 10.5. The van der Waals surface area contributed by atoms with Crippen molar-refractivity contribution in [1.29, 1.82) is 5.26 Å². The third-order valence-corrected chi connectivity index (χ3v) is 1.37. The van der Waals surface area contributed by atoms with E-state index in [9.17, 15) is 4.79 Å². The first-order chi connectivity index (χ1) is 5.22. The van der Waals surface area contributed by atoms with Gasteiger partial charge in [0.25, 0.3) is 0 Å². The number of nitrogens with zero attached hydrogens (tertiary/aromatic N) is 2. The first-order valence-corrected chi connectivity index (χ1v) is 3.69. The minimum absolute atomic E-state index is 0.444. The Balaban J connectivity index is 3.55. The summed E-state index contributed by atoms with van der Waals surface area (Å²) in [6.45, 7) is 2.50. The van der Waals surface area contributed by atoms with Gasteiger partial charge in [-0.2, -0.15) is 5.26 Å². The third kappa shape index (κ3) is 4.20. The Morgan fingerprint density at radius 3 is 2.64 bits per heavy atom. The van der Waals surface area contributed by atoms with Crippen LogP contribution in [0.4, 0.5) is 4.79 Å². The van der Waals surface area contributed by atoms with Gasteiger partial charge in [0.15, 0.2) is 6.19 Å². The van der Waals surface area contributed by atoms with Crippen LogP contribution in [-0.4, -0.2) is 17.5 Å². The maximum Gasteiger partial charge on any atom is 0.327 e. The fourth-order valence-corrected chi connectivity index (χ4v) is 0.729. The standard InChI is InChI=1S/C7H13N3O/c1-2-3-4-5-10(6-8)7(9)11/h2-5H2,1H3,(H2,9,11). The molecule has 0 bridgehead atoms.